The van der Waals surface area contributed by atoms with E-state index in [1.165, 1.54) is 21.9 Å². The molecule has 1 aromatic carbocycles. The normalized spacial score (nSPS) is 19.8. The van der Waals surface area contributed by atoms with Crippen molar-refractivity contribution in [2.45, 2.75) is 25.8 Å². The molecule has 25 heavy (non-hydrogen) atoms. The molecule has 7 nitrogen and oxygen atoms in total. The Hall–Kier alpha value is -2.72. The number of hydrogen-bond donors (Lipinski definition) is 0. The number of nitriles is 1. The molecule has 2 heterocycles. The summed E-state index contributed by atoms with van der Waals surface area (Å²) in [4.78, 5) is 40.2. The van der Waals surface area contributed by atoms with Gasteiger partial charge in [0, 0.05) is 18.7 Å². The molecule has 7 heteroatoms. The fraction of sp³-hybridized carbons (Fsp3) is 0.444. The third kappa shape index (κ3) is 3.01. The molecule has 0 N–H and O–H groups in total. The number of carbonyl (C=O) groups is 3. The van der Waals surface area contributed by atoms with E-state index in [4.69, 9.17) is 4.74 Å². The van der Waals surface area contributed by atoms with Gasteiger partial charge in [-0.2, -0.15) is 5.26 Å². The second kappa shape index (κ2) is 7.03. The number of imide groups is 1. The summed E-state index contributed by atoms with van der Waals surface area (Å²) in [7, 11) is 0. The Bertz CT molecular complexity index is 768. The van der Waals surface area contributed by atoms with Crippen LogP contribution in [0.2, 0.25) is 0 Å². The van der Waals surface area contributed by atoms with Crippen LogP contribution in [-0.4, -0.2) is 59.9 Å². The molecule has 0 aliphatic carbocycles. The lowest BCUT2D eigenvalue weighted by Gasteiger charge is -2.31. The first-order chi connectivity index (χ1) is 12.1. The van der Waals surface area contributed by atoms with Gasteiger partial charge in [0.2, 0.25) is 0 Å². The minimum Gasteiger partial charge on any atom is -0.376 e. The van der Waals surface area contributed by atoms with E-state index in [1.54, 1.807) is 6.07 Å². The maximum absolute atomic E-state index is 12.7. The zero-order valence-electron chi connectivity index (χ0n) is 14.0. The minimum atomic E-state index is -0.645. The number of ether oxygens (including phenoxy) is 1. The van der Waals surface area contributed by atoms with Crippen LogP contribution in [0.25, 0.3) is 0 Å². The Kier molecular flexibility index (Phi) is 4.81. The van der Waals surface area contributed by atoms with Crippen LogP contribution in [0.3, 0.4) is 0 Å². The van der Waals surface area contributed by atoms with E-state index in [-0.39, 0.29) is 29.9 Å². The van der Waals surface area contributed by atoms with E-state index in [9.17, 15) is 19.6 Å². The predicted molar refractivity (Wildman–Crippen MR) is 88.0 cm³/mol. The van der Waals surface area contributed by atoms with Gasteiger partial charge in [0.1, 0.15) is 6.04 Å². The highest BCUT2D eigenvalue weighted by molar-refractivity contribution is 6.22. The highest BCUT2D eigenvalue weighted by atomic mass is 16.5. The van der Waals surface area contributed by atoms with Crippen LogP contribution in [0.4, 0.5) is 0 Å². The zero-order valence-corrected chi connectivity index (χ0v) is 14.0. The number of fused-ring (bicyclic) bond motifs is 1. The van der Waals surface area contributed by atoms with Crippen molar-refractivity contribution in [3.63, 3.8) is 0 Å². The maximum atomic E-state index is 12.7. The number of unbranched alkanes of at least 4 members (excludes halogenated alkanes) is 1. The van der Waals surface area contributed by atoms with E-state index >= 15 is 0 Å². The van der Waals surface area contributed by atoms with E-state index in [0.29, 0.717) is 30.8 Å². The largest absolute Gasteiger partial charge is 0.376 e. The van der Waals surface area contributed by atoms with Gasteiger partial charge in [-0.05, 0) is 24.6 Å². The molecule has 0 saturated carbocycles. The summed E-state index contributed by atoms with van der Waals surface area (Å²) in [6.07, 6.45) is 1.62. The summed E-state index contributed by atoms with van der Waals surface area (Å²) in [5, 5.41) is 9.18. The third-order valence-electron chi connectivity index (χ3n) is 4.49. The number of morpholine rings is 1. The van der Waals surface area contributed by atoms with Gasteiger partial charge < -0.3 is 9.64 Å². The van der Waals surface area contributed by atoms with Crippen LogP contribution < -0.4 is 0 Å². The summed E-state index contributed by atoms with van der Waals surface area (Å²) in [6.45, 7) is 3.24. The number of benzene rings is 1. The lowest BCUT2D eigenvalue weighted by Crippen LogP contribution is -2.48. The van der Waals surface area contributed by atoms with Crippen LogP contribution in [-0.2, 0) is 4.74 Å². The van der Waals surface area contributed by atoms with Crippen LogP contribution in [0.5, 0.6) is 0 Å². The van der Waals surface area contributed by atoms with Gasteiger partial charge in [-0.15, -0.1) is 0 Å². The molecule has 0 aromatic heterocycles. The van der Waals surface area contributed by atoms with Gasteiger partial charge in [-0.1, -0.05) is 13.3 Å². The number of carbonyl (C=O) groups excluding carboxylic acids is 3. The van der Waals surface area contributed by atoms with Gasteiger partial charge in [-0.3, -0.25) is 19.3 Å². The maximum Gasteiger partial charge on any atom is 0.261 e. The number of nitrogens with zero attached hydrogens (tertiary/aromatic N) is 3. The summed E-state index contributed by atoms with van der Waals surface area (Å²) < 4.78 is 5.22. The molecular weight excluding hydrogens is 322 g/mol. The topological polar surface area (TPSA) is 90.7 Å². The molecule has 3 amide bonds. The van der Waals surface area contributed by atoms with Gasteiger partial charge in [0.15, 0.2) is 0 Å². The fourth-order valence-electron chi connectivity index (χ4n) is 3.06. The Morgan fingerprint density at radius 1 is 1.32 bits per heavy atom. The summed E-state index contributed by atoms with van der Waals surface area (Å²) in [5.74, 6) is -0.999. The molecule has 1 aromatic rings. The van der Waals surface area contributed by atoms with E-state index in [0.717, 1.165) is 12.8 Å². The smallest absolute Gasteiger partial charge is 0.261 e. The molecule has 2 aliphatic heterocycles. The lowest BCUT2D eigenvalue weighted by molar-refractivity contribution is 0.0132. The molecule has 0 spiro atoms. The first-order valence-electron chi connectivity index (χ1n) is 8.37. The second-order valence-electron chi connectivity index (χ2n) is 6.09. The van der Waals surface area contributed by atoms with Crippen molar-refractivity contribution in [2.75, 3.05) is 26.3 Å². The van der Waals surface area contributed by atoms with Crippen LogP contribution in [0, 0.1) is 11.3 Å². The van der Waals surface area contributed by atoms with Crippen molar-refractivity contribution in [1.29, 1.82) is 5.26 Å². The summed E-state index contributed by atoms with van der Waals surface area (Å²) in [6, 6.07) is 5.94. The highest BCUT2D eigenvalue weighted by Gasteiger charge is 2.36. The number of amides is 3. The van der Waals surface area contributed by atoms with Gasteiger partial charge in [-0.25, -0.2) is 0 Å². The minimum absolute atomic E-state index is 0.176. The standard InChI is InChI=1S/C18H19N3O4/c1-2-3-6-21-17(23)14-5-4-12(9-15(14)18(21)24)16(22)20-7-8-25-11-13(20)10-19/h4-5,9,13H,2-3,6-8,11H2,1H3. The molecule has 1 atom stereocenters. The average Bonchev–Trinajstić information content (AvgIpc) is 2.89. The third-order valence-corrected chi connectivity index (χ3v) is 4.49. The Morgan fingerprint density at radius 3 is 2.80 bits per heavy atom. The molecule has 0 radical (unpaired) electrons. The molecule has 1 unspecified atom stereocenters. The van der Waals surface area contributed by atoms with E-state index < -0.39 is 6.04 Å². The predicted octanol–water partition coefficient (Wildman–Crippen LogP) is 1.45. The van der Waals surface area contributed by atoms with Crippen LogP contribution in [0.15, 0.2) is 18.2 Å². The average molecular weight is 341 g/mol. The Balaban J connectivity index is 1.86. The number of hydrogen-bond acceptors (Lipinski definition) is 5. The van der Waals surface area contributed by atoms with Gasteiger partial charge in [0.05, 0.1) is 30.4 Å². The molecule has 130 valence electrons. The highest BCUT2D eigenvalue weighted by Crippen LogP contribution is 2.25. The molecular formula is C18H19N3O4. The first-order valence-corrected chi connectivity index (χ1v) is 8.37. The Labute approximate surface area is 145 Å². The zero-order chi connectivity index (χ0) is 18.0. The molecule has 1 saturated heterocycles. The van der Waals surface area contributed by atoms with E-state index in [2.05, 4.69) is 6.07 Å². The van der Waals surface area contributed by atoms with Crippen molar-refractivity contribution < 1.29 is 19.1 Å². The molecule has 0 bridgehead atoms. The van der Waals surface area contributed by atoms with Crippen molar-refractivity contribution in [1.82, 2.24) is 9.80 Å². The van der Waals surface area contributed by atoms with Gasteiger partial charge in [0.25, 0.3) is 17.7 Å². The van der Waals surface area contributed by atoms with Crippen LogP contribution in [0.1, 0.15) is 50.8 Å². The SMILES string of the molecule is CCCCN1C(=O)c2ccc(C(=O)N3CCOCC3C#N)cc2C1=O. The summed E-state index contributed by atoms with van der Waals surface area (Å²) >= 11 is 0. The Morgan fingerprint density at radius 2 is 2.08 bits per heavy atom. The second-order valence-corrected chi connectivity index (χ2v) is 6.09. The van der Waals surface area contributed by atoms with Crippen molar-refractivity contribution >= 4 is 17.7 Å². The molecule has 3 rings (SSSR count). The quantitative estimate of drug-likeness (QED) is 0.773. The first kappa shape index (κ1) is 17.1. The fourth-order valence-corrected chi connectivity index (χ4v) is 3.06. The monoisotopic (exact) mass is 341 g/mol. The van der Waals surface area contributed by atoms with Crippen molar-refractivity contribution in [2.24, 2.45) is 0 Å². The number of rotatable bonds is 4. The summed E-state index contributed by atoms with van der Waals surface area (Å²) in [5.41, 5.74) is 0.893. The molecule has 1 fully saturated rings. The lowest BCUT2D eigenvalue weighted by atomic mass is 10.0. The van der Waals surface area contributed by atoms with E-state index in [1.807, 2.05) is 6.92 Å². The van der Waals surface area contributed by atoms with Crippen molar-refractivity contribution in [3.8, 4) is 6.07 Å². The van der Waals surface area contributed by atoms with Crippen LogP contribution >= 0.6 is 0 Å². The van der Waals surface area contributed by atoms with Gasteiger partial charge >= 0.3 is 0 Å². The van der Waals surface area contributed by atoms with Crippen molar-refractivity contribution in [3.05, 3.63) is 34.9 Å². The molecule has 2 aliphatic rings.